The largest absolute Gasteiger partial charge is 0.465 e. The number of carbonyl (C=O) groups is 2. The van der Waals surface area contributed by atoms with E-state index in [2.05, 4.69) is 30.4 Å². The lowest BCUT2D eigenvalue weighted by molar-refractivity contribution is -0.0494. The van der Waals surface area contributed by atoms with Gasteiger partial charge in [-0.15, -0.1) is 17.5 Å². The second-order valence-corrected chi connectivity index (χ2v) is 6.10. The first kappa shape index (κ1) is 22.5. The van der Waals surface area contributed by atoms with Crippen LogP contribution in [-0.2, 0) is 4.74 Å². The number of methoxy groups -OCH3 is 1. The van der Waals surface area contributed by atoms with Gasteiger partial charge in [-0.1, -0.05) is 5.21 Å². The van der Waals surface area contributed by atoms with Gasteiger partial charge >= 0.3 is 12.6 Å². The molecule has 3 rings (SSSR count). The van der Waals surface area contributed by atoms with Crippen molar-refractivity contribution in [2.75, 3.05) is 25.5 Å². The number of rotatable bonds is 6. The van der Waals surface area contributed by atoms with E-state index in [0.29, 0.717) is 0 Å². The topological polar surface area (TPSA) is 107 Å². The van der Waals surface area contributed by atoms with Crippen LogP contribution in [0.15, 0.2) is 24.4 Å². The Balaban J connectivity index is 0.00000300. The second-order valence-electron chi connectivity index (χ2n) is 6.10. The van der Waals surface area contributed by atoms with Gasteiger partial charge in [0.25, 0.3) is 5.91 Å². The van der Waals surface area contributed by atoms with Gasteiger partial charge in [0.2, 0.25) is 0 Å². The molecule has 1 aliphatic rings. The molecule has 2 heterocycles. The molecule has 12 heteroatoms. The van der Waals surface area contributed by atoms with Crippen LogP contribution in [0.2, 0.25) is 0 Å². The minimum atomic E-state index is -3.13. The molecule has 2 aromatic rings. The third kappa shape index (κ3) is 5.61. The number of ether oxygens (including phenoxy) is 2. The number of amides is 1. The Hall–Kier alpha value is -2.79. The zero-order chi connectivity index (χ0) is 20.1. The fourth-order valence-corrected chi connectivity index (χ4v) is 2.88. The predicted molar refractivity (Wildman–Crippen MR) is 101 cm³/mol. The first-order chi connectivity index (χ1) is 13.5. The monoisotopic (exact) mass is 431 g/mol. The molecule has 1 aliphatic heterocycles. The van der Waals surface area contributed by atoms with Crippen molar-refractivity contribution in [1.29, 1.82) is 0 Å². The molecule has 0 saturated carbocycles. The number of nitrogens with zero attached hydrogens (tertiary/aromatic N) is 3. The number of anilines is 1. The second kappa shape index (κ2) is 10.1. The highest BCUT2D eigenvalue weighted by molar-refractivity contribution is 6.04. The normalized spacial score (nSPS) is 14.2. The zero-order valence-corrected chi connectivity index (χ0v) is 16.2. The quantitative estimate of drug-likeness (QED) is 0.675. The number of esters is 1. The molecule has 2 N–H and O–H groups in total. The summed E-state index contributed by atoms with van der Waals surface area (Å²) < 4.78 is 36.0. The number of nitrogens with one attached hydrogen (secondary N) is 2. The summed E-state index contributed by atoms with van der Waals surface area (Å²) in [5.74, 6) is -1.72. The Morgan fingerprint density at radius 3 is 2.69 bits per heavy atom. The van der Waals surface area contributed by atoms with Crippen LogP contribution in [0.5, 0.6) is 5.75 Å². The van der Waals surface area contributed by atoms with E-state index in [1.165, 1.54) is 18.3 Å². The van der Waals surface area contributed by atoms with Gasteiger partial charge in [0.15, 0.2) is 5.69 Å². The van der Waals surface area contributed by atoms with E-state index in [1.807, 2.05) is 0 Å². The molecule has 0 radical (unpaired) electrons. The van der Waals surface area contributed by atoms with Crippen molar-refractivity contribution < 1.29 is 27.8 Å². The maximum atomic E-state index is 12.7. The summed E-state index contributed by atoms with van der Waals surface area (Å²) in [6.45, 7) is -1.43. The molecule has 0 spiro atoms. The fraction of sp³-hybridized carbons (Fsp3) is 0.412. The minimum absolute atomic E-state index is 0. The van der Waals surface area contributed by atoms with Crippen LogP contribution in [-0.4, -0.2) is 53.7 Å². The van der Waals surface area contributed by atoms with Crippen LogP contribution in [0, 0.1) is 0 Å². The van der Waals surface area contributed by atoms with Crippen LogP contribution in [0.4, 0.5) is 14.5 Å². The van der Waals surface area contributed by atoms with Crippen molar-refractivity contribution in [3.05, 3.63) is 35.7 Å². The third-order valence-corrected chi connectivity index (χ3v) is 4.29. The van der Waals surface area contributed by atoms with E-state index in [-0.39, 0.29) is 41.1 Å². The molecule has 29 heavy (non-hydrogen) atoms. The molecule has 1 fully saturated rings. The molecule has 0 atom stereocenters. The van der Waals surface area contributed by atoms with Crippen molar-refractivity contribution in [3.63, 3.8) is 0 Å². The summed E-state index contributed by atoms with van der Waals surface area (Å²) in [5.41, 5.74) is 0.0148. The van der Waals surface area contributed by atoms with E-state index in [4.69, 9.17) is 0 Å². The highest BCUT2D eigenvalue weighted by Gasteiger charge is 2.21. The average molecular weight is 432 g/mol. The Labute approximate surface area is 171 Å². The van der Waals surface area contributed by atoms with Gasteiger partial charge in [-0.25, -0.2) is 9.48 Å². The predicted octanol–water partition coefficient (Wildman–Crippen LogP) is 2.26. The fourth-order valence-electron chi connectivity index (χ4n) is 2.88. The summed E-state index contributed by atoms with van der Waals surface area (Å²) in [7, 11) is 1.16. The van der Waals surface area contributed by atoms with Crippen molar-refractivity contribution in [2.45, 2.75) is 25.5 Å². The van der Waals surface area contributed by atoms with Crippen LogP contribution in [0.1, 0.15) is 39.7 Å². The Morgan fingerprint density at radius 2 is 2.03 bits per heavy atom. The Bertz CT molecular complexity index is 858. The van der Waals surface area contributed by atoms with Crippen molar-refractivity contribution in [1.82, 2.24) is 20.3 Å². The van der Waals surface area contributed by atoms with Crippen molar-refractivity contribution in [2.24, 2.45) is 0 Å². The standard InChI is InChI=1S/C17H19F2N5O4.ClH/c1-27-16(26)10-2-3-12(14(8-10)28-17(18)19)21-15(25)13-9-24(23-22-13)11-4-6-20-7-5-11;/h2-3,8-9,11,17,20H,4-7H2,1H3,(H,21,25);1H. The van der Waals surface area contributed by atoms with Gasteiger partial charge in [-0.05, 0) is 44.1 Å². The van der Waals surface area contributed by atoms with Gasteiger partial charge in [-0.3, -0.25) is 4.79 Å². The SMILES string of the molecule is COC(=O)c1ccc(NC(=O)c2cn(C3CCNCC3)nn2)c(OC(F)F)c1.Cl. The van der Waals surface area contributed by atoms with E-state index in [0.717, 1.165) is 39.1 Å². The lowest BCUT2D eigenvalue weighted by atomic mass is 10.1. The number of hydrogen-bond donors (Lipinski definition) is 2. The van der Waals surface area contributed by atoms with Gasteiger partial charge in [0, 0.05) is 0 Å². The maximum Gasteiger partial charge on any atom is 0.387 e. The highest BCUT2D eigenvalue weighted by atomic mass is 35.5. The smallest absolute Gasteiger partial charge is 0.387 e. The van der Waals surface area contributed by atoms with Crippen molar-refractivity contribution >= 4 is 30.0 Å². The number of aromatic nitrogens is 3. The summed E-state index contributed by atoms with van der Waals surface area (Å²) in [6.07, 6.45) is 3.25. The van der Waals surface area contributed by atoms with Gasteiger partial charge in [0.1, 0.15) is 5.75 Å². The lowest BCUT2D eigenvalue weighted by Crippen LogP contribution is -2.29. The summed E-state index contributed by atoms with van der Waals surface area (Å²) in [6, 6.07) is 3.82. The van der Waals surface area contributed by atoms with Gasteiger partial charge < -0.3 is 20.1 Å². The van der Waals surface area contributed by atoms with Crippen LogP contribution in [0.25, 0.3) is 0 Å². The first-order valence-electron chi connectivity index (χ1n) is 8.59. The van der Waals surface area contributed by atoms with E-state index < -0.39 is 18.5 Å². The summed E-state index contributed by atoms with van der Waals surface area (Å²) in [4.78, 5) is 24.0. The average Bonchev–Trinajstić information content (AvgIpc) is 3.19. The molecule has 0 aliphatic carbocycles. The number of piperidine rings is 1. The molecule has 1 aromatic heterocycles. The molecule has 0 unspecified atom stereocenters. The molecular weight excluding hydrogens is 412 g/mol. The van der Waals surface area contributed by atoms with E-state index in [1.54, 1.807) is 4.68 Å². The third-order valence-electron chi connectivity index (χ3n) is 4.29. The van der Waals surface area contributed by atoms with Crippen molar-refractivity contribution in [3.8, 4) is 5.75 Å². The van der Waals surface area contributed by atoms with Gasteiger partial charge in [0.05, 0.1) is 30.6 Å². The van der Waals surface area contributed by atoms with E-state index in [9.17, 15) is 18.4 Å². The molecular formula is C17H20ClF2N5O4. The first-order valence-corrected chi connectivity index (χ1v) is 8.59. The van der Waals surface area contributed by atoms with E-state index >= 15 is 0 Å². The molecule has 1 amide bonds. The number of halogens is 3. The lowest BCUT2D eigenvalue weighted by Gasteiger charge is -2.22. The molecule has 1 saturated heterocycles. The summed E-state index contributed by atoms with van der Waals surface area (Å²) >= 11 is 0. The Morgan fingerprint density at radius 1 is 1.31 bits per heavy atom. The van der Waals surface area contributed by atoms with Gasteiger partial charge in [-0.2, -0.15) is 8.78 Å². The number of benzene rings is 1. The number of carbonyl (C=O) groups excluding carboxylic acids is 2. The molecule has 1 aromatic carbocycles. The molecule has 9 nitrogen and oxygen atoms in total. The van der Waals surface area contributed by atoms with Crippen LogP contribution < -0.4 is 15.4 Å². The maximum absolute atomic E-state index is 12.7. The van der Waals surface area contributed by atoms with Crippen LogP contribution in [0.3, 0.4) is 0 Å². The molecule has 0 bridgehead atoms. The number of alkyl halides is 2. The molecule has 158 valence electrons. The zero-order valence-electron chi connectivity index (χ0n) is 15.4. The number of hydrogen-bond acceptors (Lipinski definition) is 7. The Kier molecular flexibility index (Phi) is 7.85. The van der Waals surface area contributed by atoms with Crippen LogP contribution >= 0.6 is 12.4 Å². The summed E-state index contributed by atoms with van der Waals surface area (Å²) in [5, 5.41) is 13.5. The highest BCUT2D eigenvalue weighted by Crippen LogP contribution is 2.28. The minimum Gasteiger partial charge on any atom is -0.465 e.